The molecule has 0 aliphatic heterocycles. The van der Waals surface area contributed by atoms with Crippen LogP contribution in [0.5, 0.6) is 0 Å². The number of amides is 2. The fraction of sp³-hybridized carbons (Fsp3) is 0.111. The molecule has 134 valence electrons. The molecule has 8 nitrogen and oxygen atoms in total. The fourth-order valence-corrected chi connectivity index (χ4v) is 1.96. The highest BCUT2D eigenvalue weighted by molar-refractivity contribution is 6.16. The van der Waals surface area contributed by atoms with E-state index in [1.807, 2.05) is 0 Å². The summed E-state index contributed by atoms with van der Waals surface area (Å²) in [6.07, 6.45) is -0.452. The molecule has 0 aromatic heterocycles. The molecule has 2 amide bonds. The standard InChI is InChI=1S/C18H18N4O4/c23-15(13-7-3-1-4-8-13)17(25)21-19-11-12-20-22-18(26)16(24)14-9-5-2-6-10-14/h1-12,15-16,23-24H,(H,21,25)(H,22,26)/b19-11-,20-12-/t15-,16-/m0/s1. The molecule has 2 aromatic carbocycles. The Kier molecular flexibility index (Phi) is 7.17. The average molecular weight is 354 g/mol. The highest BCUT2D eigenvalue weighted by Gasteiger charge is 2.16. The number of nitrogens with one attached hydrogen (secondary N) is 2. The number of aliphatic hydroxyl groups is 2. The maximum Gasteiger partial charge on any atom is 0.273 e. The normalized spacial score (nSPS) is 13.5. The highest BCUT2D eigenvalue weighted by Crippen LogP contribution is 2.12. The van der Waals surface area contributed by atoms with E-state index in [4.69, 9.17) is 0 Å². The molecule has 4 N–H and O–H groups in total. The Hall–Kier alpha value is -3.36. The van der Waals surface area contributed by atoms with Crippen LogP contribution < -0.4 is 10.9 Å². The number of carbonyl (C=O) groups excluding carboxylic acids is 2. The minimum absolute atomic E-state index is 0.441. The van der Waals surface area contributed by atoms with Gasteiger partial charge in [0.25, 0.3) is 11.8 Å². The number of carbonyl (C=O) groups is 2. The van der Waals surface area contributed by atoms with Gasteiger partial charge in [0, 0.05) is 0 Å². The molecule has 0 bridgehead atoms. The van der Waals surface area contributed by atoms with Gasteiger partial charge in [-0.1, -0.05) is 60.7 Å². The molecule has 0 saturated carbocycles. The molecule has 2 aromatic rings. The van der Waals surface area contributed by atoms with E-state index in [1.165, 1.54) is 0 Å². The van der Waals surface area contributed by atoms with Crippen molar-refractivity contribution in [1.29, 1.82) is 0 Å². The van der Waals surface area contributed by atoms with Crippen LogP contribution in [0.25, 0.3) is 0 Å². The largest absolute Gasteiger partial charge is 0.378 e. The van der Waals surface area contributed by atoms with Crippen molar-refractivity contribution in [3.8, 4) is 0 Å². The van der Waals surface area contributed by atoms with Gasteiger partial charge in [-0.3, -0.25) is 9.59 Å². The third-order valence-electron chi connectivity index (χ3n) is 3.29. The second kappa shape index (κ2) is 9.82. The van der Waals surface area contributed by atoms with E-state index in [0.717, 1.165) is 12.4 Å². The van der Waals surface area contributed by atoms with E-state index in [-0.39, 0.29) is 0 Å². The Morgan fingerprint density at radius 2 is 1.08 bits per heavy atom. The molecule has 0 unspecified atom stereocenters. The summed E-state index contributed by atoms with van der Waals surface area (Å²) >= 11 is 0. The van der Waals surface area contributed by atoms with Gasteiger partial charge in [-0.05, 0) is 11.1 Å². The molecule has 0 saturated heterocycles. The van der Waals surface area contributed by atoms with E-state index in [2.05, 4.69) is 21.1 Å². The van der Waals surface area contributed by atoms with Crippen molar-refractivity contribution in [2.24, 2.45) is 10.2 Å². The van der Waals surface area contributed by atoms with Gasteiger partial charge in [0.2, 0.25) is 0 Å². The van der Waals surface area contributed by atoms with Gasteiger partial charge in [0.1, 0.15) is 0 Å². The monoisotopic (exact) mass is 354 g/mol. The summed E-state index contributed by atoms with van der Waals surface area (Å²) < 4.78 is 0. The number of hydrogen-bond donors (Lipinski definition) is 4. The Morgan fingerprint density at radius 1 is 0.731 bits per heavy atom. The van der Waals surface area contributed by atoms with E-state index >= 15 is 0 Å². The van der Waals surface area contributed by atoms with Gasteiger partial charge < -0.3 is 10.2 Å². The van der Waals surface area contributed by atoms with Crippen LogP contribution in [-0.4, -0.2) is 34.5 Å². The molecule has 0 radical (unpaired) electrons. The van der Waals surface area contributed by atoms with Crippen LogP contribution in [-0.2, 0) is 9.59 Å². The quantitative estimate of drug-likeness (QED) is 0.431. The number of aliphatic hydroxyl groups excluding tert-OH is 2. The Morgan fingerprint density at radius 3 is 1.42 bits per heavy atom. The zero-order chi connectivity index (χ0) is 18.8. The number of benzene rings is 2. The fourth-order valence-electron chi connectivity index (χ4n) is 1.96. The summed E-state index contributed by atoms with van der Waals surface area (Å²) in [5, 5.41) is 26.8. The lowest BCUT2D eigenvalue weighted by Gasteiger charge is -2.08. The summed E-state index contributed by atoms with van der Waals surface area (Å²) in [4.78, 5) is 23.4. The summed E-state index contributed by atoms with van der Waals surface area (Å²) in [6.45, 7) is 0. The summed E-state index contributed by atoms with van der Waals surface area (Å²) in [5.41, 5.74) is 5.17. The van der Waals surface area contributed by atoms with Crippen molar-refractivity contribution in [1.82, 2.24) is 10.9 Å². The van der Waals surface area contributed by atoms with Crippen LogP contribution in [0.1, 0.15) is 23.3 Å². The van der Waals surface area contributed by atoms with Crippen LogP contribution in [0.15, 0.2) is 70.9 Å². The van der Waals surface area contributed by atoms with E-state index in [1.54, 1.807) is 60.7 Å². The molecule has 0 spiro atoms. The van der Waals surface area contributed by atoms with E-state index in [0.29, 0.717) is 11.1 Å². The lowest BCUT2D eigenvalue weighted by Crippen LogP contribution is -2.26. The van der Waals surface area contributed by atoms with E-state index in [9.17, 15) is 19.8 Å². The Labute approximate surface area is 149 Å². The first-order valence-electron chi connectivity index (χ1n) is 7.70. The van der Waals surface area contributed by atoms with Crippen molar-refractivity contribution in [3.05, 3.63) is 71.8 Å². The molecule has 0 heterocycles. The zero-order valence-corrected chi connectivity index (χ0v) is 13.7. The van der Waals surface area contributed by atoms with Crippen LogP contribution >= 0.6 is 0 Å². The van der Waals surface area contributed by atoms with Gasteiger partial charge in [0.15, 0.2) is 12.2 Å². The molecule has 2 rings (SSSR count). The van der Waals surface area contributed by atoms with Crippen molar-refractivity contribution in [3.63, 3.8) is 0 Å². The molecular weight excluding hydrogens is 336 g/mol. The number of nitrogens with zero attached hydrogens (tertiary/aromatic N) is 2. The van der Waals surface area contributed by atoms with Gasteiger partial charge in [0.05, 0.1) is 12.4 Å². The molecule has 26 heavy (non-hydrogen) atoms. The third kappa shape index (κ3) is 5.62. The maximum absolute atomic E-state index is 11.7. The predicted molar refractivity (Wildman–Crippen MR) is 96.1 cm³/mol. The lowest BCUT2D eigenvalue weighted by atomic mass is 10.1. The van der Waals surface area contributed by atoms with Crippen LogP contribution in [0, 0.1) is 0 Å². The Bertz CT molecular complexity index is 711. The van der Waals surface area contributed by atoms with Crippen molar-refractivity contribution < 1.29 is 19.8 Å². The van der Waals surface area contributed by atoms with Crippen LogP contribution in [0.4, 0.5) is 0 Å². The summed E-state index contributed by atoms with van der Waals surface area (Å²) in [6, 6.07) is 16.8. The lowest BCUT2D eigenvalue weighted by molar-refractivity contribution is -0.130. The van der Waals surface area contributed by atoms with Gasteiger partial charge in [-0.2, -0.15) is 10.2 Å². The molecule has 0 fully saturated rings. The molecule has 0 aliphatic carbocycles. The molecular formula is C18H18N4O4. The molecule has 0 aliphatic rings. The maximum atomic E-state index is 11.7. The topological polar surface area (TPSA) is 123 Å². The van der Waals surface area contributed by atoms with Crippen molar-refractivity contribution >= 4 is 24.2 Å². The number of rotatable bonds is 7. The van der Waals surface area contributed by atoms with Crippen molar-refractivity contribution in [2.45, 2.75) is 12.2 Å². The second-order valence-corrected chi connectivity index (χ2v) is 5.13. The average Bonchev–Trinajstić information content (AvgIpc) is 2.70. The summed E-state index contributed by atoms with van der Waals surface area (Å²) in [5.74, 6) is -1.41. The van der Waals surface area contributed by atoms with Gasteiger partial charge in [-0.15, -0.1) is 0 Å². The smallest absolute Gasteiger partial charge is 0.273 e. The number of hydrogen-bond acceptors (Lipinski definition) is 6. The Balaban J connectivity index is 1.76. The minimum atomic E-state index is -1.34. The SMILES string of the molecule is O=C(N/N=C\C=N/NC(=O)[C@@H](O)c1ccccc1)[C@@H](O)c1ccccc1. The first-order valence-corrected chi connectivity index (χ1v) is 7.70. The van der Waals surface area contributed by atoms with Gasteiger partial charge in [-0.25, -0.2) is 10.9 Å². The van der Waals surface area contributed by atoms with Crippen LogP contribution in [0.2, 0.25) is 0 Å². The first-order chi connectivity index (χ1) is 12.6. The zero-order valence-electron chi connectivity index (χ0n) is 13.7. The van der Waals surface area contributed by atoms with Crippen molar-refractivity contribution in [2.75, 3.05) is 0 Å². The predicted octanol–water partition coefficient (Wildman–Crippen LogP) is 0.658. The van der Waals surface area contributed by atoms with Crippen LogP contribution in [0.3, 0.4) is 0 Å². The molecule has 8 heteroatoms. The van der Waals surface area contributed by atoms with E-state index < -0.39 is 24.0 Å². The number of hydrazone groups is 2. The third-order valence-corrected chi connectivity index (χ3v) is 3.29. The second-order valence-electron chi connectivity index (χ2n) is 5.13. The van der Waals surface area contributed by atoms with Gasteiger partial charge >= 0.3 is 0 Å². The molecule has 2 atom stereocenters. The first kappa shape index (κ1) is 19.0. The highest BCUT2D eigenvalue weighted by atomic mass is 16.3. The summed E-state index contributed by atoms with van der Waals surface area (Å²) in [7, 11) is 0. The minimum Gasteiger partial charge on any atom is -0.378 e.